The van der Waals surface area contributed by atoms with Crippen LogP contribution in [0.4, 0.5) is 0 Å². The summed E-state index contributed by atoms with van der Waals surface area (Å²) in [5.41, 5.74) is 0.0592. The Labute approximate surface area is 92.2 Å². The Kier molecular flexibility index (Phi) is 3.62. The molecule has 82 valence electrons. The van der Waals surface area contributed by atoms with Gasteiger partial charge in [0.2, 0.25) is 0 Å². The van der Waals surface area contributed by atoms with Crippen molar-refractivity contribution in [3.8, 4) is 11.8 Å². The molecule has 0 heterocycles. The normalized spacial score (nSPS) is 9.06. The third-order valence-electron chi connectivity index (χ3n) is 2.06. The minimum atomic E-state index is -0.666. The lowest BCUT2D eigenvalue weighted by atomic mass is 10.0. The maximum atomic E-state index is 11.3. The van der Waals surface area contributed by atoms with Gasteiger partial charge in [-0.05, 0) is 12.1 Å². The smallest absolute Gasteiger partial charge is 0.338 e. The van der Waals surface area contributed by atoms with E-state index in [4.69, 9.17) is 10.00 Å². The van der Waals surface area contributed by atoms with Crippen LogP contribution in [-0.2, 0) is 4.74 Å². The lowest BCUT2D eigenvalue weighted by molar-refractivity contribution is 0.0598. The van der Waals surface area contributed by atoms with Crippen LogP contribution in [0.25, 0.3) is 0 Å². The number of carbonyl (C=O) groups is 2. The molecule has 0 aliphatic heterocycles. The zero-order valence-corrected chi connectivity index (χ0v) is 8.81. The first-order chi connectivity index (χ1) is 7.69. The first-order valence-electron chi connectivity index (χ1n) is 4.34. The van der Waals surface area contributed by atoms with Gasteiger partial charge in [-0.1, -0.05) is 0 Å². The molecule has 0 bridgehead atoms. The molecule has 0 spiro atoms. The number of carbonyl (C=O) groups excluding carboxylic acids is 2. The predicted octanol–water partition coefficient (Wildman–Crippen LogP) is 1.17. The Morgan fingerprint density at radius 3 is 2.56 bits per heavy atom. The van der Waals surface area contributed by atoms with Crippen LogP contribution in [0.15, 0.2) is 12.1 Å². The van der Waals surface area contributed by atoms with Crippen molar-refractivity contribution in [2.24, 2.45) is 0 Å². The minimum absolute atomic E-state index is 0.0197. The SMILES string of the molecule is COC(=O)c1ccc(OC)c(C#N)c1C=O. The fourth-order valence-corrected chi connectivity index (χ4v) is 1.30. The van der Waals surface area contributed by atoms with E-state index in [2.05, 4.69) is 4.74 Å². The highest BCUT2D eigenvalue weighted by atomic mass is 16.5. The molecule has 0 aromatic heterocycles. The van der Waals surface area contributed by atoms with Crippen molar-refractivity contribution in [1.82, 2.24) is 0 Å². The van der Waals surface area contributed by atoms with Crippen LogP contribution < -0.4 is 4.74 Å². The quantitative estimate of drug-likeness (QED) is 0.563. The van der Waals surface area contributed by atoms with Gasteiger partial charge in [-0.3, -0.25) is 4.79 Å². The Morgan fingerprint density at radius 1 is 1.44 bits per heavy atom. The summed E-state index contributed by atoms with van der Waals surface area (Å²) in [5, 5.41) is 8.90. The Hall–Kier alpha value is -2.35. The summed E-state index contributed by atoms with van der Waals surface area (Å²) in [5.74, 6) is -0.418. The number of esters is 1. The monoisotopic (exact) mass is 219 g/mol. The molecule has 1 aromatic rings. The second-order valence-corrected chi connectivity index (χ2v) is 2.83. The van der Waals surface area contributed by atoms with Crippen LogP contribution >= 0.6 is 0 Å². The molecule has 1 aromatic carbocycles. The molecule has 0 radical (unpaired) electrons. The van der Waals surface area contributed by atoms with E-state index in [1.54, 1.807) is 0 Å². The molecule has 0 N–H and O–H groups in total. The van der Waals surface area contributed by atoms with Crippen LogP contribution in [0.2, 0.25) is 0 Å². The highest BCUT2D eigenvalue weighted by molar-refractivity contribution is 6.00. The van der Waals surface area contributed by atoms with Gasteiger partial charge in [-0.25, -0.2) is 4.79 Å². The maximum absolute atomic E-state index is 11.3. The van der Waals surface area contributed by atoms with Crippen molar-refractivity contribution < 1.29 is 19.1 Å². The Balaban J connectivity index is 3.51. The number of rotatable bonds is 3. The number of hydrogen-bond acceptors (Lipinski definition) is 5. The van der Waals surface area contributed by atoms with Gasteiger partial charge in [0.1, 0.15) is 17.4 Å². The van der Waals surface area contributed by atoms with Gasteiger partial charge in [0, 0.05) is 0 Å². The molecule has 0 atom stereocenters. The van der Waals surface area contributed by atoms with E-state index >= 15 is 0 Å². The zero-order chi connectivity index (χ0) is 12.1. The van der Waals surface area contributed by atoms with E-state index in [-0.39, 0.29) is 22.4 Å². The van der Waals surface area contributed by atoms with Crippen LogP contribution in [0.5, 0.6) is 5.75 Å². The number of hydrogen-bond donors (Lipinski definition) is 0. The molecule has 0 unspecified atom stereocenters. The fourth-order valence-electron chi connectivity index (χ4n) is 1.30. The average Bonchev–Trinajstić information content (AvgIpc) is 2.35. The van der Waals surface area contributed by atoms with Crippen molar-refractivity contribution >= 4 is 12.3 Å². The van der Waals surface area contributed by atoms with Crippen molar-refractivity contribution in [1.29, 1.82) is 5.26 Å². The molecule has 0 aliphatic rings. The van der Waals surface area contributed by atoms with E-state index in [9.17, 15) is 9.59 Å². The average molecular weight is 219 g/mol. The summed E-state index contributed by atoms with van der Waals surface area (Å²) in [6.07, 6.45) is 0.438. The summed E-state index contributed by atoms with van der Waals surface area (Å²) >= 11 is 0. The van der Waals surface area contributed by atoms with Gasteiger partial charge in [0.05, 0.1) is 25.3 Å². The van der Waals surface area contributed by atoms with E-state index < -0.39 is 5.97 Å². The van der Waals surface area contributed by atoms with E-state index in [0.717, 1.165) is 0 Å². The Morgan fingerprint density at radius 2 is 2.12 bits per heavy atom. The summed E-state index contributed by atoms with van der Waals surface area (Å²) < 4.78 is 9.42. The second kappa shape index (κ2) is 4.94. The van der Waals surface area contributed by atoms with Crippen molar-refractivity contribution in [3.63, 3.8) is 0 Å². The largest absolute Gasteiger partial charge is 0.495 e. The highest BCUT2D eigenvalue weighted by Gasteiger charge is 2.18. The van der Waals surface area contributed by atoms with Gasteiger partial charge in [-0.15, -0.1) is 0 Å². The number of ether oxygens (including phenoxy) is 2. The maximum Gasteiger partial charge on any atom is 0.338 e. The third-order valence-corrected chi connectivity index (χ3v) is 2.06. The van der Waals surface area contributed by atoms with E-state index in [1.165, 1.54) is 26.4 Å². The van der Waals surface area contributed by atoms with Crippen LogP contribution in [0.3, 0.4) is 0 Å². The van der Waals surface area contributed by atoms with Gasteiger partial charge in [0.25, 0.3) is 0 Å². The fraction of sp³-hybridized carbons (Fsp3) is 0.182. The van der Waals surface area contributed by atoms with Crippen LogP contribution in [-0.4, -0.2) is 26.5 Å². The first-order valence-corrected chi connectivity index (χ1v) is 4.34. The summed E-state index contributed by atoms with van der Waals surface area (Å²) in [6, 6.07) is 4.65. The molecule has 0 aliphatic carbocycles. The summed E-state index contributed by atoms with van der Waals surface area (Å²) in [7, 11) is 2.58. The number of nitrogens with zero attached hydrogens (tertiary/aromatic N) is 1. The first kappa shape index (κ1) is 11.7. The van der Waals surface area contributed by atoms with Crippen molar-refractivity contribution in [3.05, 3.63) is 28.8 Å². The van der Waals surface area contributed by atoms with Crippen molar-refractivity contribution in [2.45, 2.75) is 0 Å². The van der Waals surface area contributed by atoms with Crippen LogP contribution in [0.1, 0.15) is 26.3 Å². The van der Waals surface area contributed by atoms with Gasteiger partial charge < -0.3 is 9.47 Å². The third kappa shape index (κ3) is 1.86. The van der Waals surface area contributed by atoms with Gasteiger partial charge >= 0.3 is 5.97 Å². The second-order valence-electron chi connectivity index (χ2n) is 2.83. The molecule has 5 nitrogen and oxygen atoms in total. The summed E-state index contributed by atoms with van der Waals surface area (Å²) in [6.45, 7) is 0. The van der Waals surface area contributed by atoms with E-state index in [0.29, 0.717) is 6.29 Å². The van der Waals surface area contributed by atoms with Gasteiger partial charge in [-0.2, -0.15) is 5.26 Å². The summed E-state index contributed by atoms with van der Waals surface area (Å²) in [4.78, 5) is 22.2. The molecular weight excluding hydrogens is 210 g/mol. The van der Waals surface area contributed by atoms with E-state index in [1.807, 2.05) is 6.07 Å². The highest BCUT2D eigenvalue weighted by Crippen LogP contribution is 2.24. The standard InChI is InChI=1S/C11H9NO4/c1-15-10-4-3-7(11(14)16-2)9(6-13)8(10)5-12/h3-4,6H,1-2H3. The molecule has 0 fully saturated rings. The lowest BCUT2D eigenvalue weighted by Gasteiger charge is -2.08. The molecule has 5 heteroatoms. The molecule has 0 saturated heterocycles. The minimum Gasteiger partial charge on any atom is -0.495 e. The molecular formula is C11H9NO4. The number of aldehydes is 1. The molecule has 0 saturated carbocycles. The van der Waals surface area contributed by atoms with Crippen LogP contribution in [0, 0.1) is 11.3 Å². The number of methoxy groups -OCH3 is 2. The molecule has 16 heavy (non-hydrogen) atoms. The predicted molar refractivity (Wildman–Crippen MR) is 54.4 cm³/mol. The zero-order valence-electron chi connectivity index (χ0n) is 8.81. The molecule has 1 rings (SSSR count). The van der Waals surface area contributed by atoms with Gasteiger partial charge in [0.15, 0.2) is 6.29 Å². The number of benzene rings is 1. The molecule has 0 amide bonds. The lowest BCUT2D eigenvalue weighted by Crippen LogP contribution is -2.08. The Bertz CT molecular complexity index is 474. The number of nitriles is 1. The topological polar surface area (TPSA) is 76.4 Å². The van der Waals surface area contributed by atoms with Crippen molar-refractivity contribution in [2.75, 3.05) is 14.2 Å².